The van der Waals surface area contributed by atoms with E-state index in [2.05, 4.69) is 157 Å². The summed E-state index contributed by atoms with van der Waals surface area (Å²) < 4.78 is 2.31. The maximum absolute atomic E-state index is 4.87. The van der Waals surface area contributed by atoms with Gasteiger partial charge in [-0.1, -0.05) is 115 Å². The summed E-state index contributed by atoms with van der Waals surface area (Å²) in [5.41, 5.74) is 9.76. The van der Waals surface area contributed by atoms with Gasteiger partial charge in [-0.05, 0) is 86.6 Å². The molecule has 0 saturated heterocycles. The average molecular weight is 537 g/mol. The topological polar surface area (TPSA) is 17.8 Å². The molecule has 198 valence electrons. The summed E-state index contributed by atoms with van der Waals surface area (Å²) in [7, 11) is 0. The van der Waals surface area contributed by atoms with Crippen LogP contribution < -0.4 is 0 Å². The molecule has 2 heteroatoms. The Hall–Kier alpha value is -5.39. The van der Waals surface area contributed by atoms with Crippen LogP contribution >= 0.6 is 0 Å². The van der Waals surface area contributed by atoms with Gasteiger partial charge >= 0.3 is 0 Å². The minimum Gasteiger partial charge on any atom is -0.300 e. The van der Waals surface area contributed by atoms with Crippen molar-refractivity contribution in [1.29, 1.82) is 0 Å². The summed E-state index contributed by atoms with van der Waals surface area (Å²) in [5, 5.41) is 4.90. The van der Waals surface area contributed by atoms with E-state index in [1.807, 2.05) is 0 Å². The van der Waals surface area contributed by atoms with Crippen molar-refractivity contribution in [2.75, 3.05) is 0 Å². The summed E-state index contributed by atoms with van der Waals surface area (Å²) in [6.45, 7) is 2.09. The molecule has 0 amide bonds. The van der Waals surface area contributed by atoms with E-state index in [9.17, 15) is 0 Å². The van der Waals surface area contributed by atoms with Gasteiger partial charge in [-0.3, -0.25) is 0 Å². The fourth-order valence-corrected chi connectivity index (χ4v) is 6.69. The van der Waals surface area contributed by atoms with Crippen molar-refractivity contribution in [3.05, 3.63) is 162 Å². The standard InChI is InChI=1S/C40H28N2/c1-27-41-37-25-24-31(26-38(37)42(27)32-14-6-3-7-15-32)28-20-22-30(23-21-28)40-35-18-10-8-16-33(35)39(29-12-4-2-5-13-29)34-17-9-11-19-36(34)40/h2-8,10,12-25,31H,26H2,1H3. The van der Waals surface area contributed by atoms with Crippen LogP contribution in [0.1, 0.15) is 28.7 Å². The van der Waals surface area contributed by atoms with Gasteiger partial charge in [0.2, 0.25) is 0 Å². The number of rotatable bonds is 4. The maximum Gasteiger partial charge on any atom is 0.111 e. The number of nitrogens with zero attached hydrogens (tertiary/aromatic N) is 2. The second-order valence-electron chi connectivity index (χ2n) is 11.0. The molecule has 1 unspecified atom stereocenters. The number of para-hydroxylation sites is 1. The number of hydrogen-bond acceptors (Lipinski definition) is 1. The smallest absolute Gasteiger partial charge is 0.111 e. The van der Waals surface area contributed by atoms with Crippen LogP contribution in [0.4, 0.5) is 0 Å². The molecule has 42 heavy (non-hydrogen) atoms. The molecule has 1 heterocycles. The van der Waals surface area contributed by atoms with Crippen LogP contribution in [0.2, 0.25) is 0 Å². The molecule has 0 N–H and O–H groups in total. The molecule has 1 aliphatic rings. The molecule has 7 aromatic rings. The Balaban J connectivity index is 1.22. The monoisotopic (exact) mass is 536 g/mol. The predicted octanol–water partition coefficient (Wildman–Crippen LogP) is 9.77. The SMILES string of the molecule is Cc1nc2c(n1-c1ccccc1)CC(c1ccc(-c3c4cc#ccc4c(-c4ccccc4)c4ccccc34)cc1)C=C2. The average Bonchev–Trinajstić information content (AvgIpc) is 3.39. The van der Waals surface area contributed by atoms with Gasteiger partial charge in [0.15, 0.2) is 0 Å². The maximum atomic E-state index is 4.87. The molecule has 0 bridgehead atoms. The summed E-state index contributed by atoms with van der Waals surface area (Å²) in [6.07, 6.45) is 5.42. The zero-order chi connectivity index (χ0) is 28.0. The van der Waals surface area contributed by atoms with E-state index in [0.29, 0.717) is 5.92 Å². The summed E-state index contributed by atoms with van der Waals surface area (Å²) in [4.78, 5) is 4.87. The van der Waals surface area contributed by atoms with Gasteiger partial charge in [0.25, 0.3) is 0 Å². The van der Waals surface area contributed by atoms with Gasteiger partial charge in [-0.25, -0.2) is 4.98 Å². The van der Waals surface area contributed by atoms with Gasteiger partial charge in [-0.2, -0.15) is 0 Å². The molecule has 8 rings (SSSR count). The van der Waals surface area contributed by atoms with Crippen molar-refractivity contribution in [2.24, 2.45) is 0 Å². The molecule has 1 aromatic heterocycles. The molecule has 6 aromatic carbocycles. The van der Waals surface area contributed by atoms with E-state index >= 15 is 0 Å². The largest absolute Gasteiger partial charge is 0.300 e. The van der Waals surface area contributed by atoms with Crippen LogP contribution in [0.25, 0.3) is 55.6 Å². The number of aromatic nitrogens is 2. The van der Waals surface area contributed by atoms with Crippen LogP contribution in [0.3, 0.4) is 0 Å². The second-order valence-corrected chi connectivity index (χ2v) is 11.0. The van der Waals surface area contributed by atoms with Gasteiger partial charge in [-0.15, -0.1) is 0 Å². The van der Waals surface area contributed by atoms with Crippen molar-refractivity contribution in [1.82, 2.24) is 9.55 Å². The van der Waals surface area contributed by atoms with Gasteiger partial charge in [0.1, 0.15) is 5.82 Å². The Morgan fingerprint density at radius 2 is 1.21 bits per heavy atom. The molecule has 1 atom stereocenters. The van der Waals surface area contributed by atoms with Crippen LogP contribution in [-0.4, -0.2) is 9.55 Å². The quantitative estimate of drug-likeness (QED) is 0.219. The van der Waals surface area contributed by atoms with E-state index in [4.69, 9.17) is 4.98 Å². The molecular formula is C40H28N2. The molecular weight excluding hydrogens is 508 g/mol. The van der Waals surface area contributed by atoms with Crippen molar-refractivity contribution in [3.63, 3.8) is 0 Å². The number of benzene rings is 5. The fourth-order valence-electron chi connectivity index (χ4n) is 6.69. The Kier molecular flexibility index (Phi) is 5.76. The van der Waals surface area contributed by atoms with Crippen molar-refractivity contribution in [2.45, 2.75) is 19.3 Å². The Morgan fingerprint density at radius 3 is 1.86 bits per heavy atom. The lowest BCUT2D eigenvalue weighted by molar-refractivity contribution is 0.770. The first-order chi connectivity index (χ1) is 20.8. The number of hydrogen-bond donors (Lipinski definition) is 0. The van der Waals surface area contributed by atoms with E-state index < -0.39 is 0 Å². The first-order valence-corrected chi connectivity index (χ1v) is 14.5. The molecule has 0 radical (unpaired) electrons. The zero-order valence-corrected chi connectivity index (χ0v) is 23.4. The Bertz CT molecular complexity index is 2040. The third-order valence-electron chi connectivity index (χ3n) is 8.59. The lowest BCUT2D eigenvalue weighted by Crippen LogP contribution is -2.10. The first kappa shape index (κ1) is 24.4. The third kappa shape index (κ3) is 3.94. The molecule has 0 saturated carbocycles. The van der Waals surface area contributed by atoms with E-state index in [1.165, 1.54) is 60.7 Å². The highest BCUT2D eigenvalue weighted by molar-refractivity contribution is 6.21. The first-order valence-electron chi connectivity index (χ1n) is 14.5. The second kappa shape index (κ2) is 9.91. The van der Waals surface area contributed by atoms with E-state index in [-0.39, 0.29) is 0 Å². The van der Waals surface area contributed by atoms with Gasteiger partial charge < -0.3 is 4.57 Å². The molecule has 0 fully saturated rings. The van der Waals surface area contributed by atoms with Crippen LogP contribution in [0.5, 0.6) is 0 Å². The fraction of sp³-hybridized carbons (Fsp3) is 0.0750. The highest BCUT2D eigenvalue weighted by atomic mass is 15.1. The van der Waals surface area contributed by atoms with Crippen LogP contribution in [0.15, 0.2) is 127 Å². The van der Waals surface area contributed by atoms with Gasteiger partial charge in [0, 0.05) is 18.0 Å². The highest BCUT2D eigenvalue weighted by Gasteiger charge is 2.23. The predicted molar refractivity (Wildman–Crippen MR) is 174 cm³/mol. The van der Waals surface area contributed by atoms with Crippen LogP contribution in [0, 0.1) is 19.1 Å². The number of imidazole rings is 1. The van der Waals surface area contributed by atoms with E-state index in [1.54, 1.807) is 0 Å². The van der Waals surface area contributed by atoms with Crippen molar-refractivity contribution in [3.8, 4) is 27.9 Å². The normalized spacial score (nSPS) is 14.2. The molecule has 0 aliphatic heterocycles. The Labute approximate surface area is 246 Å². The highest BCUT2D eigenvalue weighted by Crippen LogP contribution is 2.43. The third-order valence-corrected chi connectivity index (χ3v) is 8.59. The van der Waals surface area contributed by atoms with Crippen LogP contribution in [-0.2, 0) is 6.42 Å². The van der Waals surface area contributed by atoms with Crippen molar-refractivity contribution >= 4 is 27.6 Å². The number of fused-ring (bicyclic) bond motifs is 3. The number of aryl methyl sites for hydroxylation is 1. The zero-order valence-electron chi connectivity index (χ0n) is 23.4. The van der Waals surface area contributed by atoms with Crippen molar-refractivity contribution < 1.29 is 0 Å². The summed E-state index contributed by atoms with van der Waals surface area (Å²) in [5.74, 6) is 1.32. The summed E-state index contributed by atoms with van der Waals surface area (Å²) >= 11 is 0. The minimum atomic E-state index is 0.294. The number of allylic oxidation sites excluding steroid dienone is 1. The minimum absolute atomic E-state index is 0.294. The van der Waals surface area contributed by atoms with E-state index in [0.717, 1.165) is 17.9 Å². The Morgan fingerprint density at radius 1 is 0.643 bits per heavy atom. The molecule has 0 spiro atoms. The lowest BCUT2D eigenvalue weighted by Gasteiger charge is -2.21. The molecule has 2 nitrogen and oxygen atoms in total. The van der Waals surface area contributed by atoms with Gasteiger partial charge in [0.05, 0.1) is 11.4 Å². The summed E-state index contributed by atoms with van der Waals surface area (Å²) in [6, 6.07) is 49.8. The molecule has 1 aliphatic carbocycles. The lowest BCUT2D eigenvalue weighted by atomic mass is 9.85.